The summed E-state index contributed by atoms with van der Waals surface area (Å²) in [5, 5.41) is 16.3. The zero-order valence-corrected chi connectivity index (χ0v) is 21.9. The van der Waals surface area contributed by atoms with Gasteiger partial charge in [-0.25, -0.2) is 9.97 Å². The number of hydrogen-bond acceptors (Lipinski definition) is 9. The van der Waals surface area contributed by atoms with Crippen molar-refractivity contribution in [1.29, 1.82) is 0 Å². The second kappa shape index (κ2) is 11.8. The summed E-state index contributed by atoms with van der Waals surface area (Å²) >= 11 is 0. The molecule has 1 aliphatic heterocycles. The first-order valence-corrected chi connectivity index (χ1v) is 13.0. The summed E-state index contributed by atoms with van der Waals surface area (Å²) in [6.45, 7) is 2.69. The molecule has 3 aromatic rings. The summed E-state index contributed by atoms with van der Waals surface area (Å²) in [5.74, 6) is 1.61. The second-order valence-electron chi connectivity index (χ2n) is 9.84. The van der Waals surface area contributed by atoms with Crippen molar-refractivity contribution >= 4 is 23.5 Å². The summed E-state index contributed by atoms with van der Waals surface area (Å²) < 4.78 is 18.8. The molecule has 3 heterocycles. The van der Waals surface area contributed by atoms with Crippen LogP contribution < -0.4 is 19.7 Å². The van der Waals surface area contributed by atoms with E-state index in [9.17, 15) is 14.7 Å². The lowest BCUT2D eigenvalue weighted by molar-refractivity contribution is -0.127. The van der Waals surface area contributed by atoms with Gasteiger partial charge in [0.2, 0.25) is 5.88 Å². The van der Waals surface area contributed by atoms with Crippen molar-refractivity contribution in [2.45, 2.75) is 44.8 Å². The van der Waals surface area contributed by atoms with Crippen LogP contribution in [0.15, 0.2) is 42.9 Å². The van der Waals surface area contributed by atoms with Crippen LogP contribution in [0.25, 0.3) is 0 Å². The molecule has 5 rings (SSSR count). The summed E-state index contributed by atoms with van der Waals surface area (Å²) in [4.78, 5) is 36.5. The fourth-order valence-corrected chi connectivity index (χ4v) is 4.19. The maximum atomic E-state index is 13.1. The van der Waals surface area contributed by atoms with Crippen LogP contribution in [-0.4, -0.2) is 68.6 Å². The number of anilines is 2. The van der Waals surface area contributed by atoms with E-state index in [0.29, 0.717) is 42.9 Å². The Labute approximate surface area is 225 Å². The van der Waals surface area contributed by atoms with E-state index in [4.69, 9.17) is 14.2 Å². The molecule has 1 saturated heterocycles. The number of nitrogens with zero attached hydrogens (tertiary/aromatic N) is 5. The van der Waals surface area contributed by atoms with Gasteiger partial charge in [0.05, 0.1) is 19.0 Å². The van der Waals surface area contributed by atoms with Gasteiger partial charge in [0, 0.05) is 44.1 Å². The molecular weight excluding hydrogens is 504 g/mol. The number of carbonyl (C=O) groups is 2. The Hall–Kier alpha value is -4.03. The minimum absolute atomic E-state index is 0.0891. The second-order valence-corrected chi connectivity index (χ2v) is 9.84. The minimum atomic E-state index is -0.495. The monoisotopic (exact) mass is 536 g/mol. The molecule has 12 nitrogen and oxygen atoms in total. The van der Waals surface area contributed by atoms with Gasteiger partial charge >= 0.3 is 0 Å². The third kappa shape index (κ3) is 6.89. The van der Waals surface area contributed by atoms with Crippen LogP contribution in [0, 0.1) is 5.92 Å². The molecule has 1 aromatic carbocycles. The summed E-state index contributed by atoms with van der Waals surface area (Å²) in [5.41, 5.74) is 0.264. The van der Waals surface area contributed by atoms with Gasteiger partial charge in [-0.2, -0.15) is 5.10 Å². The smallest absolute Gasteiger partial charge is 0.257 e. The molecule has 2 atom stereocenters. The zero-order valence-electron chi connectivity index (χ0n) is 21.9. The molecular formula is C27H32N6O6. The highest BCUT2D eigenvalue weighted by Crippen LogP contribution is 2.33. The standard InChI is InChI=1S/C27H32N6O6/c1-17(16-34)38-20-10-19(26(35)30-23-7-8-32(2)31-23)11-21(12-20)39-25-14-28-24(13-29-25)33(15-18-5-6-18)27(36)22-4-3-9-37-22/h7-8,10-14,17-18,22,34H,3-6,9,15-16H2,1-2H3,(H,30,31,35)/t17-,22-/m0/s1. The van der Waals surface area contributed by atoms with Crippen LogP contribution in [0.3, 0.4) is 0 Å². The van der Waals surface area contributed by atoms with Crippen LogP contribution in [0.2, 0.25) is 0 Å². The summed E-state index contributed by atoms with van der Waals surface area (Å²) in [6, 6.07) is 6.37. The number of aliphatic hydroxyl groups is 1. The quantitative estimate of drug-likeness (QED) is 0.378. The number of nitrogens with one attached hydrogen (secondary N) is 1. The molecule has 1 saturated carbocycles. The number of aliphatic hydroxyl groups excluding tert-OH is 1. The van der Waals surface area contributed by atoms with E-state index in [2.05, 4.69) is 20.4 Å². The lowest BCUT2D eigenvalue weighted by Crippen LogP contribution is -2.40. The minimum Gasteiger partial charge on any atom is -0.488 e. The summed E-state index contributed by atoms with van der Waals surface area (Å²) in [6.07, 6.45) is 7.48. The molecule has 2 fully saturated rings. The van der Waals surface area contributed by atoms with E-state index in [0.717, 1.165) is 19.3 Å². The van der Waals surface area contributed by atoms with Crippen LogP contribution in [0.4, 0.5) is 11.6 Å². The predicted octanol–water partition coefficient (Wildman–Crippen LogP) is 2.94. The SMILES string of the molecule is C[C@@H](CO)Oc1cc(Oc2cnc(N(CC3CC3)C(=O)[C@@H]3CCCO3)cn2)cc(C(=O)Nc2ccn(C)n2)c1. The maximum Gasteiger partial charge on any atom is 0.257 e. The van der Waals surface area contributed by atoms with Crippen molar-refractivity contribution in [3.63, 3.8) is 0 Å². The van der Waals surface area contributed by atoms with Gasteiger partial charge < -0.3 is 24.6 Å². The first kappa shape index (κ1) is 26.6. The van der Waals surface area contributed by atoms with E-state index < -0.39 is 18.1 Å². The number of amides is 2. The van der Waals surface area contributed by atoms with Gasteiger partial charge in [-0.05, 0) is 50.7 Å². The molecule has 39 heavy (non-hydrogen) atoms. The molecule has 2 amide bonds. The number of hydrogen-bond donors (Lipinski definition) is 2. The third-order valence-corrected chi connectivity index (χ3v) is 6.41. The van der Waals surface area contributed by atoms with Gasteiger partial charge in [-0.1, -0.05) is 0 Å². The van der Waals surface area contributed by atoms with Crippen molar-refractivity contribution in [2.75, 3.05) is 30.0 Å². The van der Waals surface area contributed by atoms with Crippen molar-refractivity contribution in [2.24, 2.45) is 13.0 Å². The number of aromatic nitrogens is 4. The molecule has 1 aliphatic carbocycles. The average Bonchev–Trinajstić information content (AvgIpc) is 3.39. The van der Waals surface area contributed by atoms with Crippen LogP contribution in [-0.2, 0) is 16.6 Å². The van der Waals surface area contributed by atoms with Crippen LogP contribution in [0.5, 0.6) is 17.4 Å². The lowest BCUT2D eigenvalue weighted by Gasteiger charge is -2.24. The highest BCUT2D eigenvalue weighted by Gasteiger charge is 2.34. The zero-order chi connectivity index (χ0) is 27.4. The molecule has 12 heteroatoms. The third-order valence-electron chi connectivity index (χ3n) is 6.41. The van der Waals surface area contributed by atoms with Crippen molar-refractivity contribution < 1.29 is 28.9 Å². The Bertz CT molecular complexity index is 1300. The van der Waals surface area contributed by atoms with Crippen molar-refractivity contribution in [3.8, 4) is 17.4 Å². The van der Waals surface area contributed by atoms with E-state index in [1.54, 1.807) is 54.0 Å². The highest BCUT2D eigenvalue weighted by molar-refractivity contribution is 6.04. The van der Waals surface area contributed by atoms with Crippen molar-refractivity contribution in [1.82, 2.24) is 19.7 Å². The fraction of sp³-hybridized carbons (Fsp3) is 0.444. The van der Waals surface area contributed by atoms with E-state index >= 15 is 0 Å². The van der Waals surface area contributed by atoms with Crippen LogP contribution in [0.1, 0.15) is 43.0 Å². The molecule has 0 bridgehead atoms. The van der Waals surface area contributed by atoms with Gasteiger partial charge in [0.1, 0.15) is 23.7 Å². The molecule has 0 unspecified atom stereocenters. The molecule has 2 N–H and O–H groups in total. The molecule has 0 spiro atoms. The number of aryl methyl sites for hydroxylation is 1. The first-order chi connectivity index (χ1) is 18.9. The Kier molecular flexibility index (Phi) is 8.03. The van der Waals surface area contributed by atoms with E-state index in [-0.39, 0.29) is 29.7 Å². The highest BCUT2D eigenvalue weighted by atomic mass is 16.5. The van der Waals surface area contributed by atoms with Gasteiger partial charge in [-0.3, -0.25) is 19.2 Å². The maximum absolute atomic E-state index is 13.1. The Morgan fingerprint density at radius 1 is 1.21 bits per heavy atom. The molecule has 206 valence electrons. The lowest BCUT2D eigenvalue weighted by atomic mass is 10.2. The fourth-order valence-electron chi connectivity index (χ4n) is 4.19. The van der Waals surface area contributed by atoms with Crippen molar-refractivity contribution in [3.05, 3.63) is 48.4 Å². The Morgan fingerprint density at radius 3 is 2.67 bits per heavy atom. The average molecular weight is 537 g/mol. The number of carbonyl (C=O) groups excluding carboxylic acids is 2. The van der Waals surface area contributed by atoms with Gasteiger partial charge in [0.15, 0.2) is 11.6 Å². The summed E-state index contributed by atoms with van der Waals surface area (Å²) in [7, 11) is 1.75. The van der Waals surface area contributed by atoms with Gasteiger partial charge in [0.25, 0.3) is 11.8 Å². The molecule has 2 aliphatic rings. The Balaban J connectivity index is 1.34. The van der Waals surface area contributed by atoms with E-state index in [1.165, 1.54) is 12.4 Å². The topological polar surface area (TPSA) is 141 Å². The predicted molar refractivity (Wildman–Crippen MR) is 141 cm³/mol. The Morgan fingerprint density at radius 2 is 2.03 bits per heavy atom. The molecule has 0 radical (unpaired) electrons. The first-order valence-electron chi connectivity index (χ1n) is 13.0. The molecule has 2 aromatic heterocycles. The normalized spacial score (nSPS) is 17.5. The van der Waals surface area contributed by atoms with Crippen LogP contribution >= 0.6 is 0 Å². The largest absolute Gasteiger partial charge is 0.488 e. The number of rotatable bonds is 11. The van der Waals surface area contributed by atoms with Gasteiger partial charge in [-0.15, -0.1) is 0 Å². The number of ether oxygens (including phenoxy) is 3. The number of benzene rings is 1. The van der Waals surface area contributed by atoms with E-state index in [1.807, 2.05) is 0 Å².